The number of primary amides is 1. The van der Waals surface area contributed by atoms with Crippen molar-refractivity contribution in [2.45, 2.75) is 77.3 Å². The minimum atomic E-state index is -0.543. The second-order valence-electron chi connectivity index (χ2n) is 6.72. The highest BCUT2D eigenvalue weighted by molar-refractivity contribution is 5.84. The average Bonchev–Trinajstić information content (AvgIpc) is 3.15. The molecule has 1 rings (SSSR count). The van der Waals surface area contributed by atoms with Gasteiger partial charge in [-0.1, -0.05) is 13.8 Å². The van der Waals surface area contributed by atoms with E-state index in [1.165, 1.54) is 19.3 Å². The molecule has 1 saturated carbocycles. The van der Waals surface area contributed by atoms with Crippen molar-refractivity contribution in [3.05, 3.63) is 0 Å². The lowest BCUT2D eigenvalue weighted by Gasteiger charge is -2.27. The van der Waals surface area contributed by atoms with Crippen LogP contribution in [0, 0.1) is 5.92 Å². The van der Waals surface area contributed by atoms with Crippen molar-refractivity contribution in [2.75, 3.05) is 13.2 Å². The Balaban J connectivity index is 2.04. The van der Waals surface area contributed by atoms with Crippen molar-refractivity contribution in [3.8, 4) is 0 Å². The van der Waals surface area contributed by atoms with Gasteiger partial charge in [-0.2, -0.15) is 0 Å². The van der Waals surface area contributed by atoms with Crippen LogP contribution < -0.4 is 11.1 Å². The molecule has 0 heterocycles. The molecular weight excluding hydrogens is 252 g/mol. The summed E-state index contributed by atoms with van der Waals surface area (Å²) in [6.45, 7) is 8.04. The monoisotopic (exact) mass is 284 g/mol. The summed E-state index contributed by atoms with van der Waals surface area (Å²) in [4.78, 5) is 11.6. The Labute approximate surface area is 123 Å². The van der Waals surface area contributed by atoms with Crippen LogP contribution in [0.25, 0.3) is 0 Å². The summed E-state index contributed by atoms with van der Waals surface area (Å²) in [6, 6.07) is 0.500. The number of nitrogens with one attached hydrogen (secondary N) is 1. The number of nitrogens with two attached hydrogens (primary N) is 1. The van der Waals surface area contributed by atoms with Crippen LogP contribution >= 0.6 is 0 Å². The summed E-state index contributed by atoms with van der Waals surface area (Å²) >= 11 is 0. The number of hydrogen-bond donors (Lipinski definition) is 2. The zero-order valence-corrected chi connectivity index (χ0v) is 13.4. The van der Waals surface area contributed by atoms with Crippen LogP contribution in [0.3, 0.4) is 0 Å². The Morgan fingerprint density at radius 3 is 2.50 bits per heavy atom. The molecule has 4 heteroatoms. The molecule has 1 amide bonds. The first kappa shape index (κ1) is 17.4. The van der Waals surface area contributed by atoms with E-state index >= 15 is 0 Å². The summed E-state index contributed by atoms with van der Waals surface area (Å²) in [7, 11) is 0. The number of unbranched alkanes of at least 4 members (excludes halogenated alkanes) is 1. The molecule has 1 aliphatic rings. The van der Waals surface area contributed by atoms with Gasteiger partial charge in [0.1, 0.15) is 0 Å². The van der Waals surface area contributed by atoms with Crippen molar-refractivity contribution in [1.82, 2.24) is 5.32 Å². The van der Waals surface area contributed by atoms with E-state index in [4.69, 9.17) is 10.5 Å². The fraction of sp³-hybridized carbons (Fsp3) is 0.938. The van der Waals surface area contributed by atoms with Crippen molar-refractivity contribution in [2.24, 2.45) is 11.7 Å². The predicted octanol–water partition coefficient (Wildman–Crippen LogP) is 2.61. The number of rotatable bonds is 12. The molecule has 0 aromatic heterocycles. The Kier molecular flexibility index (Phi) is 7.52. The summed E-state index contributed by atoms with van der Waals surface area (Å²) in [5.74, 6) is 0.519. The molecule has 1 atom stereocenters. The van der Waals surface area contributed by atoms with Gasteiger partial charge in [-0.3, -0.25) is 4.79 Å². The molecule has 0 saturated heterocycles. The lowest BCUT2D eigenvalue weighted by Crippen LogP contribution is -2.53. The van der Waals surface area contributed by atoms with Gasteiger partial charge in [0, 0.05) is 19.3 Å². The molecule has 0 radical (unpaired) electrons. The first-order valence-corrected chi connectivity index (χ1v) is 8.09. The SMILES string of the molecule is CC(C)CCCOCCCCC(C)(NC1CC1)C(N)=O. The van der Waals surface area contributed by atoms with Gasteiger partial charge in [-0.05, 0) is 57.8 Å². The van der Waals surface area contributed by atoms with Gasteiger partial charge in [0.2, 0.25) is 5.91 Å². The van der Waals surface area contributed by atoms with E-state index in [1.807, 2.05) is 6.92 Å². The van der Waals surface area contributed by atoms with Crippen LogP contribution in [0.15, 0.2) is 0 Å². The van der Waals surface area contributed by atoms with Gasteiger partial charge in [0.25, 0.3) is 0 Å². The second kappa shape index (κ2) is 8.63. The summed E-state index contributed by atoms with van der Waals surface area (Å²) < 4.78 is 5.62. The highest BCUT2D eigenvalue weighted by Gasteiger charge is 2.36. The quantitative estimate of drug-likeness (QED) is 0.541. The van der Waals surface area contributed by atoms with E-state index in [0.29, 0.717) is 6.04 Å². The van der Waals surface area contributed by atoms with Crippen LogP contribution in [-0.4, -0.2) is 30.7 Å². The third kappa shape index (κ3) is 7.25. The van der Waals surface area contributed by atoms with Gasteiger partial charge < -0.3 is 15.8 Å². The fourth-order valence-electron chi connectivity index (χ4n) is 2.32. The van der Waals surface area contributed by atoms with Gasteiger partial charge in [0.05, 0.1) is 5.54 Å². The van der Waals surface area contributed by atoms with Gasteiger partial charge >= 0.3 is 0 Å². The summed E-state index contributed by atoms with van der Waals surface area (Å²) in [5.41, 5.74) is 4.98. The Morgan fingerprint density at radius 1 is 1.30 bits per heavy atom. The molecule has 1 unspecified atom stereocenters. The smallest absolute Gasteiger partial charge is 0.237 e. The molecule has 20 heavy (non-hydrogen) atoms. The standard InChI is InChI=1S/C16H32N2O2/c1-13(2)7-6-12-20-11-5-4-10-16(3,15(17)19)18-14-8-9-14/h13-14,18H,4-12H2,1-3H3,(H2,17,19). The molecule has 0 bridgehead atoms. The third-order valence-corrected chi connectivity index (χ3v) is 3.93. The normalized spacial score (nSPS) is 18.2. The van der Waals surface area contributed by atoms with Gasteiger partial charge in [-0.15, -0.1) is 0 Å². The van der Waals surface area contributed by atoms with Crippen LogP contribution in [0.4, 0.5) is 0 Å². The molecule has 1 aliphatic carbocycles. The van der Waals surface area contributed by atoms with Crippen LogP contribution in [0.5, 0.6) is 0 Å². The van der Waals surface area contributed by atoms with E-state index in [2.05, 4.69) is 19.2 Å². The van der Waals surface area contributed by atoms with Crippen molar-refractivity contribution < 1.29 is 9.53 Å². The molecule has 0 spiro atoms. The topological polar surface area (TPSA) is 64.3 Å². The van der Waals surface area contributed by atoms with Crippen molar-refractivity contribution in [1.29, 1.82) is 0 Å². The molecule has 1 fully saturated rings. The first-order chi connectivity index (χ1) is 9.44. The maximum atomic E-state index is 11.6. The van der Waals surface area contributed by atoms with Crippen LogP contribution in [0.2, 0.25) is 0 Å². The fourth-order valence-corrected chi connectivity index (χ4v) is 2.32. The number of hydrogen-bond acceptors (Lipinski definition) is 3. The molecule has 4 nitrogen and oxygen atoms in total. The van der Waals surface area contributed by atoms with E-state index in [9.17, 15) is 4.79 Å². The molecule has 3 N–H and O–H groups in total. The van der Waals surface area contributed by atoms with E-state index < -0.39 is 5.54 Å². The number of amides is 1. The first-order valence-electron chi connectivity index (χ1n) is 8.09. The lowest BCUT2D eigenvalue weighted by molar-refractivity contribution is -0.124. The van der Waals surface area contributed by atoms with Crippen molar-refractivity contribution in [3.63, 3.8) is 0 Å². The third-order valence-electron chi connectivity index (χ3n) is 3.93. The maximum Gasteiger partial charge on any atom is 0.237 e. The summed E-state index contributed by atoms with van der Waals surface area (Å²) in [6.07, 6.45) is 7.48. The molecule has 0 aromatic rings. The highest BCUT2D eigenvalue weighted by atomic mass is 16.5. The number of carbonyl (C=O) groups is 1. The molecule has 0 aromatic carbocycles. The van der Waals surface area contributed by atoms with E-state index in [0.717, 1.165) is 44.8 Å². The zero-order chi connectivity index (χ0) is 15.0. The number of ether oxygens (including phenoxy) is 1. The van der Waals surface area contributed by atoms with Crippen molar-refractivity contribution >= 4 is 5.91 Å². The van der Waals surface area contributed by atoms with E-state index in [-0.39, 0.29) is 5.91 Å². The molecule has 0 aliphatic heterocycles. The van der Waals surface area contributed by atoms with Gasteiger partial charge in [-0.25, -0.2) is 0 Å². The maximum absolute atomic E-state index is 11.6. The zero-order valence-electron chi connectivity index (χ0n) is 13.4. The Bertz CT molecular complexity index is 290. The summed E-state index contributed by atoms with van der Waals surface area (Å²) in [5, 5.41) is 3.38. The number of carbonyl (C=O) groups excluding carboxylic acids is 1. The predicted molar refractivity (Wildman–Crippen MR) is 82.5 cm³/mol. The molecule has 118 valence electrons. The minimum Gasteiger partial charge on any atom is -0.381 e. The second-order valence-corrected chi connectivity index (χ2v) is 6.72. The van der Waals surface area contributed by atoms with Crippen LogP contribution in [0.1, 0.15) is 65.7 Å². The lowest BCUT2D eigenvalue weighted by atomic mass is 9.94. The average molecular weight is 284 g/mol. The minimum absolute atomic E-state index is 0.234. The Morgan fingerprint density at radius 2 is 1.95 bits per heavy atom. The molecular formula is C16H32N2O2. The Hall–Kier alpha value is -0.610. The highest BCUT2D eigenvalue weighted by Crippen LogP contribution is 2.25. The van der Waals surface area contributed by atoms with Crippen LogP contribution in [-0.2, 0) is 9.53 Å². The van der Waals surface area contributed by atoms with Gasteiger partial charge in [0.15, 0.2) is 0 Å². The van der Waals surface area contributed by atoms with E-state index in [1.54, 1.807) is 0 Å². The largest absolute Gasteiger partial charge is 0.381 e.